The fourth-order valence-corrected chi connectivity index (χ4v) is 4.45. The Bertz CT molecular complexity index is 486. The molecule has 0 aliphatic rings. The van der Waals surface area contributed by atoms with Gasteiger partial charge in [-0.05, 0) is 49.5 Å². The maximum Gasteiger partial charge on any atom is 0.373 e. The van der Waals surface area contributed by atoms with Gasteiger partial charge in [-0.25, -0.2) is 0 Å². The largest absolute Gasteiger partial charge is 0.437 e. The molecule has 166 valence electrons. The van der Waals surface area contributed by atoms with Gasteiger partial charge in [0, 0.05) is 6.61 Å². The Morgan fingerprint density at radius 2 is 1.50 bits per heavy atom. The fourth-order valence-electron chi connectivity index (χ4n) is 2.14. The highest BCUT2D eigenvalue weighted by Gasteiger charge is 2.42. The third-order valence-corrected chi connectivity index (χ3v) is 15.1. The van der Waals surface area contributed by atoms with Crippen LogP contribution in [0.3, 0.4) is 0 Å². The molecule has 0 aromatic heterocycles. The summed E-state index contributed by atoms with van der Waals surface area (Å²) in [5.74, 6) is 0. The van der Waals surface area contributed by atoms with Crippen molar-refractivity contribution in [3.63, 3.8) is 0 Å². The van der Waals surface area contributed by atoms with Crippen LogP contribution >= 0.6 is 0 Å². The molecule has 0 aromatic carbocycles. The van der Waals surface area contributed by atoms with E-state index in [-0.39, 0.29) is 28.8 Å². The second kappa shape index (κ2) is 10.9. The zero-order valence-corrected chi connectivity index (χ0v) is 22.2. The molecule has 0 fully saturated rings. The average molecular weight is 432 g/mol. The first-order valence-corrected chi connectivity index (χ1v) is 16.3. The Labute approximate surface area is 176 Å². The van der Waals surface area contributed by atoms with Crippen LogP contribution in [0, 0.1) is 0 Å². The van der Waals surface area contributed by atoms with Crippen LogP contribution in [0.2, 0.25) is 43.1 Å². The first-order chi connectivity index (χ1) is 12.4. The van der Waals surface area contributed by atoms with Gasteiger partial charge < -0.3 is 24.2 Å². The van der Waals surface area contributed by atoms with Gasteiger partial charge in [0.25, 0.3) is 0 Å². The molecule has 0 amide bonds. The van der Waals surface area contributed by atoms with Crippen LogP contribution < -0.4 is 5.23 Å². The van der Waals surface area contributed by atoms with Crippen LogP contribution in [0.4, 0.5) is 0 Å². The van der Waals surface area contributed by atoms with E-state index in [2.05, 4.69) is 73.0 Å². The Morgan fingerprint density at radius 3 is 1.89 bits per heavy atom. The minimum atomic E-state index is -2.03. The summed E-state index contributed by atoms with van der Waals surface area (Å²) < 4.78 is 13.2. The van der Waals surface area contributed by atoms with Gasteiger partial charge >= 0.3 is 7.05 Å². The molecule has 0 heterocycles. The third kappa shape index (κ3) is 9.24. The van der Waals surface area contributed by atoms with Crippen molar-refractivity contribution in [2.75, 3.05) is 13.2 Å². The molecular weight excluding hydrogens is 385 g/mol. The average Bonchev–Trinajstić information content (AvgIpc) is 2.48. The highest BCUT2D eigenvalue weighted by Crippen LogP contribution is 2.39. The van der Waals surface area contributed by atoms with Crippen LogP contribution in [-0.4, -0.2) is 59.2 Å². The molecular formula is C20H46BNO4Si2. The molecule has 0 radical (unpaired) electrons. The van der Waals surface area contributed by atoms with Gasteiger partial charge in [-0.2, -0.15) is 0 Å². The van der Waals surface area contributed by atoms with Crippen molar-refractivity contribution in [3.05, 3.63) is 12.2 Å². The van der Waals surface area contributed by atoms with Gasteiger partial charge in [-0.1, -0.05) is 53.7 Å². The van der Waals surface area contributed by atoms with Crippen molar-refractivity contribution in [3.8, 4) is 0 Å². The Kier molecular flexibility index (Phi) is 10.9. The molecule has 2 atom stereocenters. The first kappa shape index (κ1) is 28.0. The lowest BCUT2D eigenvalue weighted by molar-refractivity contribution is 0.140. The summed E-state index contributed by atoms with van der Waals surface area (Å²) in [6, 6.07) is -0.168. The SMILES string of the molecule is CB(O)N[C@H](CO[Si](C)(C)C(C)(C)C)[C@H](C=CCCO)O[Si](C)(C)C(C)(C)C. The summed E-state index contributed by atoms with van der Waals surface area (Å²) in [6.45, 7) is 24.6. The van der Waals surface area contributed by atoms with Gasteiger partial charge in [0.1, 0.15) is 0 Å². The summed E-state index contributed by atoms with van der Waals surface area (Å²) in [5, 5.41) is 22.6. The van der Waals surface area contributed by atoms with Crippen LogP contribution in [0.5, 0.6) is 0 Å². The zero-order valence-electron chi connectivity index (χ0n) is 20.2. The summed E-state index contributed by atoms with van der Waals surface area (Å²) in [4.78, 5) is 0. The van der Waals surface area contributed by atoms with Gasteiger partial charge in [-0.3, -0.25) is 0 Å². The van der Waals surface area contributed by atoms with E-state index in [4.69, 9.17) is 14.0 Å². The summed E-state index contributed by atoms with van der Waals surface area (Å²) >= 11 is 0. The van der Waals surface area contributed by atoms with Crippen molar-refractivity contribution in [2.24, 2.45) is 0 Å². The first-order valence-electron chi connectivity index (χ1n) is 10.5. The van der Waals surface area contributed by atoms with Gasteiger partial charge in [-0.15, -0.1) is 0 Å². The smallest absolute Gasteiger partial charge is 0.373 e. The molecule has 0 bridgehead atoms. The minimum absolute atomic E-state index is 0.0751. The zero-order chi connectivity index (χ0) is 22.4. The van der Waals surface area contributed by atoms with Crippen molar-refractivity contribution in [1.29, 1.82) is 0 Å². The van der Waals surface area contributed by atoms with Crippen molar-refractivity contribution in [2.45, 2.75) is 103 Å². The lowest BCUT2D eigenvalue weighted by Crippen LogP contribution is -2.56. The molecule has 0 rings (SSSR count). The molecule has 0 aliphatic carbocycles. The number of hydrogen-bond donors (Lipinski definition) is 3. The van der Waals surface area contributed by atoms with E-state index in [0.717, 1.165) is 0 Å². The lowest BCUT2D eigenvalue weighted by Gasteiger charge is -2.42. The normalized spacial score (nSPS) is 16.5. The Morgan fingerprint density at radius 1 is 1.00 bits per heavy atom. The van der Waals surface area contributed by atoms with E-state index in [9.17, 15) is 5.02 Å². The monoisotopic (exact) mass is 431 g/mol. The highest BCUT2D eigenvalue weighted by molar-refractivity contribution is 6.74. The van der Waals surface area contributed by atoms with E-state index < -0.39 is 23.7 Å². The maximum atomic E-state index is 10.0. The summed E-state index contributed by atoms with van der Waals surface area (Å²) in [6.07, 6.45) is 4.33. The number of hydrogen-bond acceptors (Lipinski definition) is 5. The van der Waals surface area contributed by atoms with E-state index >= 15 is 0 Å². The van der Waals surface area contributed by atoms with E-state index in [1.807, 2.05) is 12.2 Å². The molecule has 5 nitrogen and oxygen atoms in total. The standard InChI is InChI=1S/C20H46BNO4Si2/c1-19(2,3)27(8,9)25-16-17(22-21(7)24)18(14-12-13-15-23)26-28(10,11)20(4,5)6/h12,14,17-18,22-24H,13,15-16H2,1-11H3/t17-,18+/m1/s1. The molecule has 0 aromatic rings. The third-order valence-electron chi connectivity index (χ3n) is 6.14. The number of rotatable bonds is 11. The molecule has 0 aliphatic heterocycles. The Hall–Kier alpha value is 0.0387. The maximum absolute atomic E-state index is 10.0. The predicted octanol–water partition coefficient (Wildman–Crippen LogP) is 4.41. The molecule has 8 heteroatoms. The second-order valence-corrected chi connectivity index (χ2v) is 20.4. The summed E-state index contributed by atoms with van der Waals surface area (Å²) in [5.41, 5.74) is 0. The number of nitrogens with one attached hydrogen (secondary N) is 1. The lowest BCUT2D eigenvalue weighted by atomic mass is 9.86. The molecule has 28 heavy (non-hydrogen) atoms. The quantitative estimate of drug-likeness (QED) is 0.334. The van der Waals surface area contributed by atoms with Crippen molar-refractivity contribution >= 4 is 23.7 Å². The van der Waals surface area contributed by atoms with Gasteiger partial charge in [0.15, 0.2) is 16.6 Å². The topological polar surface area (TPSA) is 71.0 Å². The molecule has 0 saturated carbocycles. The van der Waals surface area contributed by atoms with Crippen LogP contribution in [0.15, 0.2) is 12.2 Å². The molecule has 0 spiro atoms. The van der Waals surface area contributed by atoms with Crippen LogP contribution in [0.1, 0.15) is 48.0 Å². The van der Waals surface area contributed by atoms with Crippen LogP contribution in [0.25, 0.3) is 0 Å². The highest BCUT2D eigenvalue weighted by atomic mass is 28.4. The van der Waals surface area contributed by atoms with E-state index in [0.29, 0.717) is 13.0 Å². The molecule has 0 saturated heterocycles. The summed E-state index contributed by atoms with van der Waals surface area (Å²) in [7, 11) is -4.62. The number of aliphatic hydroxyl groups excluding tert-OH is 1. The van der Waals surface area contributed by atoms with Gasteiger partial charge in [0.05, 0.1) is 18.8 Å². The molecule has 3 N–H and O–H groups in total. The number of aliphatic hydroxyl groups is 1. The van der Waals surface area contributed by atoms with Gasteiger partial charge in [0.2, 0.25) is 0 Å². The molecule has 0 unspecified atom stereocenters. The fraction of sp³-hybridized carbons (Fsp3) is 0.900. The van der Waals surface area contributed by atoms with Crippen molar-refractivity contribution in [1.82, 2.24) is 5.23 Å². The van der Waals surface area contributed by atoms with E-state index in [1.54, 1.807) is 6.82 Å². The van der Waals surface area contributed by atoms with Crippen LogP contribution in [-0.2, 0) is 8.85 Å². The predicted molar refractivity (Wildman–Crippen MR) is 127 cm³/mol. The minimum Gasteiger partial charge on any atom is -0.437 e. The Balaban J connectivity index is 5.66. The second-order valence-electron chi connectivity index (χ2n) is 10.8. The van der Waals surface area contributed by atoms with Crippen molar-refractivity contribution < 1.29 is 19.0 Å². The van der Waals surface area contributed by atoms with E-state index in [1.165, 1.54) is 0 Å².